The number of oxime groups is 1. The van der Waals surface area contributed by atoms with E-state index >= 15 is 0 Å². The van der Waals surface area contributed by atoms with Crippen molar-refractivity contribution in [2.45, 2.75) is 13.5 Å². The number of hydrogen-bond donors (Lipinski definition) is 3. The molecular formula is C9H13N3O. The van der Waals surface area contributed by atoms with Gasteiger partial charge >= 0.3 is 0 Å². The van der Waals surface area contributed by atoms with Crippen molar-refractivity contribution >= 4 is 11.5 Å². The highest BCUT2D eigenvalue weighted by molar-refractivity contribution is 5.92. The van der Waals surface area contributed by atoms with Crippen LogP contribution in [0.25, 0.3) is 0 Å². The molecule has 0 amide bonds. The van der Waals surface area contributed by atoms with Crippen LogP contribution in [0.15, 0.2) is 29.4 Å². The lowest BCUT2D eigenvalue weighted by atomic mass is 10.2. The van der Waals surface area contributed by atoms with Crippen molar-refractivity contribution in [2.24, 2.45) is 10.9 Å². The van der Waals surface area contributed by atoms with Gasteiger partial charge < -0.3 is 16.3 Å². The summed E-state index contributed by atoms with van der Waals surface area (Å²) in [6, 6.07) is 7.62. The summed E-state index contributed by atoms with van der Waals surface area (Å²) in [4.78, 5) is 0. The van der Waals surface area contributed by atoms with Gasteiger partial charge in [0.2, 0.25) is 0 Å². The highest BCUT2D eigenvalue weighted by atomic mass is 16.4. The number of nitrogens with two attached hydrogens (primary N) is 1. The Morgan fingerprint density at radius 3 is 2.54 bits per heavy atom. The van der Waals surface area contributed by atoms with Crippen LogP contribution in [0.5, 0.6) is 0 Å². The largest absolute Gasteiger partial charge is 0.409 e. The molecule has 4 nitrogen and oxygen atoms in total. The Morgan fingerprint density at radius 1 is 1.46 bits per heavy atom. The zero-order valence-corrected chi connectivity index (χ0v) is 7.49. The second kappa shape index (κ2) is 4.47. The van der Waals surface area contributed by atoms with Crippen molar-refractivity contribution in [1.82, 2.24) is 0 Å². The molecule has 0 aliphatic rings. The number of benzene rings is 1. The lowest BCUT2D eigenvalue weighted by molar-refractivity contribution is 0.318. The number of hydrogen-bond acceptors (Lipinski definition) is 3. The van der Waals surface area contributed by atoms with E-state index in [4.69, 9.17) is 10.9 Å². The third-order valence-corrected chi connectivity index (χ3v) is 1.66. The predicted octanol–water partition coefficient (Wildman–Crippen LogP) is 1.36. The lowest BCUT2D eigenvalue weighted by Crippen LogP contribution is -2.06. The molecule has 0 fully saturated rings. The summed E-state index contributed by atoms with van der Waals surface area (Å²) in [5, 5.41) is 14.3. The standard InChI is InChI=1S/C9H13N3O/c1-7(12-13)11-9-4-2-8(6-10)3-5-9/h2-5,13H,6,10H2,1H3,(H,11,12). The van der Waals surface area contributed by atoms with Crippen molar-refractivity contribution in [3.05, 3.63) is 29.8 Å². The fourth-order valence-corrected chi connectivity index (χ4v) is 0.958. The van der Waals surface area contributed by atoms with Crippen LogP contribution in [0.3, 0.4) is 0 Å². The molecule has 0 bridgehead atoms. The van der Waals surface area contributed by atoms with E-state index in [2.05, 4.69) is 10.5 Å². The van der Waals surface area contributed by atoms with Crippen molar-refractivity contribution in [3.8, 4) is 0 Å². The molecule has 0 radical (unpaired) electrons. The number of rotatable bonds is 2. The number of nitrogens with zero attached hydrogens (tertiary/aromatic N) is 1. The molecular weight excluding hydrogens is 166 g/mol. The van der Waals surface area contributed by atoms with E-state index in [-0.39, 0.29) is 0 Å². The summed E-state index contributed by atoms with van der Waals surface area (Å²) < 4.78 is 0. The monoisotopic (exact) mass is 179 g/mol. The Kier molecular flexibility index (Phi) is 3.28. The Morgan fingerprint density at radius 2 is 2.08 bits per heavy atom. The van der Waals surface area contributed by atoms with Gasteiger partial charge in [-0.25, -0.2) is 0 Å². The van der Waals surface area contributed by atoms with Crippen LogP contribution in [0.1, 0.15) is 12.5 Å². The second-order valence-electron chi connectivity index (χ2n) is 2.71. The molecule has 4 heteroatoms. The number of nitrogens with one attached hydrogen (secondary N) is 1. The Hall–Kier alpha value is -1.55. The van der Waals surface area contributed by atoms with Crippen LogP contribution in [-0.2, 0) is 6.54 Å². The Bertz CT molecular complexity index is 292. The van der Waals surface area contributed by atoms with E-state index in [1.54, 1.807) is 6.92 Å². The van der Waals surface area contributed by atoms with Crippen molar-refractivity contribution < 1.29 is 5.21 Å². The van der Waals surface area contributed by atoms with Gasteiger partial charge in [0.05, 0.1) is 0 Å². The van der Waals surface area contributed by atoms with Crippen LogP contribution in [0.4, 0.5) is 5.69 Å². The maximum atomic E-state index is 8.40. The first kappa shape index (κ1) is 9.54. The summed E-state index contributed by atoms with van der Waals surface area (Å²) in [7, 11) is 0. The molecule has 0 aliphatic carbocycles. The Labute approximate surface area is 77.1 Å². The first-order valence-corrected chi connectivity index (χ1v) is 4.01. The molecule has 0 aliphatic heterocycles. The van der Waals surface area contributed by atoms with Gasteiger partial charge in [-0.3, -0.25) is 0 Å². The third kappa shape index (κ3) is 2.76. The molecule has 0 heterocycles. The fraction of sp³-hybridized carbons (Fsp3) is 0.222. The average molecular weight is 179 g/mol. The molecule has 70 valence electrons. The molecule has 0 saturated heterocycles. The van der Waals surface area contributed by atoms with Crippen molar-refractivity contribution in [3.63, 3.8) is 0 Å². The molecule has 0 aromatic heterocycles. The van der Waals surface area contributed by atoms with Gasteiger partial charge in [-0.15, -0.1) is 0 Å². The lowest BCUT2D eigenvalue weighted by Gasteiger charge is -2.04. The van der Waals surface area contributed by atoms with Gasteiger partial charge in [0, 0.05) is 12.2 Å². The molecule has 0 saturated carbocycles. The van der Waals surface area contributed by atoms with E-state index in [0.717, 1.165) is 11.3 Å². The number of amidine groups is 1. The van der Waals surface area contributed by atoms with Gasteiger partial charge in [0.15, 0.2) is 0 Å². The van der Waals surface area contributed by atoms with Gasteiger partial charge in [0.25, 0.3) is 0 Å². The van der Waals surface area contributed by atoms with Gasteiger partial charge in [-0.1, -0.05) is 17.3 Å². The molecule has 13 heavy (non-hydrogen) atoms. The number of anilines is 1. The first-order valence-electron chi connectivity index (χ1n) is 4.01. The van der Waals surface area contributed by atoms with Crippen LogP contribution in [0, 0.1) is 0 Å². The molecule has 0 unspecified atom stereocenters. The van der Waals surface area contributed by atoms with Crippen molar-refractivity contribution in [2.75, 3.05) is 5.32 Å². The minimum absolute atomic E-state index is 0.459. The molecule has 0 spiro atoms. The van der Waals surface area contributed by atoms with Crippen molar-refractivity contribution in [1.29, 1.82) is 0 Å². The van der Waals surface area contributed by atoms with Crippen LogP contribution >= 0.6 is 0 Å². The molecule has 0 atom stereocenters. The van der Waals surface area contributed by atoms with Crippen LogP contribution < -0.4 is 11.1 Å². The normalized spacial score (nSPS) is 11.4. The minimum atomic E-state index is 0.459. The van der Waals surface area contributed by atoms with E-state index in [0.29, 0.717) is 12.4 Å². The highest BCUT2D eigenvalue weighted by Gasteiger charge is 1.93. The van der Waals surface area contributed by atoms with Crippen LogP contribution in [-0.4, -0.2) is 11.0 Å². The second-order valence-corrected chi connectivity index (χ2v) is 2.71. The van der Waals surface area contributed by atoms with Gasteiger partial charge in [-0.2, -0.15) is 0 Å². The smallest absolute Gasteiger partial charge is 0.142 e. The minimum Gasteiger partial charge on any atom is -0.409 e. The third-order valence-electron chi connectivity index (χ3n) is 1.66. The average Bonchev–Trinajstić information content (AvgIpc) is 2.19. The molecule has 1 rings (SSSR count). The summed E-state index contributed by atoms with van der Waals surface area (Å²) >= 11 is 0. The molecule has 1 aromatic carbocycles. The molecule has 4 N–H and O–H groups in total. The predicted molar refractivity (Wildman–Crippen MR) is 52.9 cm³/mol. The van der Waals surface area contributed by atoms with E-state index < -0.39 is 0 Å². The van der Waals surface area contributed by atoms with Crippen LogP contribution in [0.2, 0.25) is 0 Å². The maximum Gasteiger partial charge on any atom is 0.142 e. The SMILES string of the molecule is CC(=NO)Nc1ccc(CN)cc1. The first-order chi connectivity index (χ1) is 6.26. The summed E-state index contributed by atoms with van der Waals surface area (Å²) in [5.74, 6) is 0.459. The fourth-order valence-electron chi connectivity index (χ4n) is 0.958. The zero-order valence-electron chi connectivity index (χ0n) is 7.49. The summed E-state index contributed by atoms with van der Waals surface area (Å²) in [6.45, 7) is 2.21. The van der Waals surface area contributed by atoms with E-state index in [1.165, 1.54) is 0 Å². The van der Waals surface area contributed by atoms with Gasteiger partial charge in [-0.05, 0) is 24.6 Å². The van der Waals surface area contributed by atoms with Gasteiger partial charge in [0.1, 0.15) is 5.84 Å². The summed E-state index contributed by atoms with van der Waals surface area (Å²) in [6.07, 6.45) is 0. The maximum absolute atomic E-state index is 8.40. The molecule has 1 aromatic rings. The summed E-state index contributed by atoms with van der Waals surface area (Å²) in [5.41, 5.74) is 7.40. The van der Waals surface area contributed by atoms with E-state index in [1.807, 2.05) is 24.3 Å². The zero-order chi connectivity index (χ0) is 9.68. The quantitative estimate of drug-likeness (QED) is 0.278. The topological polar surface area (TPSA) is 70.6 Å². The Balaban J connectivity index is 2.69. The highest BCUT2D eigenvalue weighted by Crippen LogP contribution is 2.08. The van der Waals surface area contributed by atoms with E-state index in [9.17, 15) is 0 Å².